The van der Waals surface area contributed by atoms with Crippen LogP contribution in [0.25, 0.3) is 0 Å². The van der Waals surface area contributed by atoms with Crippen LogP contribution in [0.5, 0.6) is 5.75 Å². The molecule has 3 saturated heterocycles. The highest BCUT2D eigenvalue weighted by Crippen LogP contribution is 2.28. The van der Waals surface area contributed by atoms with Gasteiger partial charge in [0.2, 0.25) is 0 Å². The number of benzene rings is 2. The van der Waals surface area contributed by atoms with Crippen LogP contribution in [0.2, 0.25) is 0 Å². The number of piperazine rings is 1. The largest absolute Gasteiger partial charge is 0.507 e. The molecule has 6 rings (SSSR count). The van der Waals surface area contributed by atoms with Crippen molar-refractivity contribution < 1.29 is 32.6 Å². The number of hydrogen-bond acceptors (Lipinski definition) is 8. The second-order valence-corrected chi connectivity index (χ2v) is 16.0. The lowest BCUT2D eigenvalue weighted by atomic mass is 10.0. The number of likely N-dealkylation sites (tertiary alicyclic amines) is 2. The van der Waals surface area contributed by atoms with Crippen LogP contribution in [0.15, 0.2) is 46.9 Å². The summed E-state index contributed by atoms with van der Waals surface area (Å²) in [5.74, 6) is -0.188. The average Bonchev–Trinajstić information content (AvgIpc) is 3.30. The number of para-hydroxylation sites is 1. The Labute approximate surface area is 302 Å². The first kappa shape index (κ1) is 36.4. The molecule has 4 heterocycles. The first-order valence-corrected chi connectivity index (χ1v) is 19.6. The van der Waals surface area contributed by atoms with Gasteiger partial charge in [0.15, 0.2) is 6.10 Å². The molecule has 4 aliphatic rings. The lowest BCUT2D eigenvalue weighted by Crippen LogP contribution is -2.56. The zero-order valence-electron chi connectivity index (χ0n) is 28.3. The Morgan fingerprint density at radius 3 is 2.28 bits per heavy atom. The van der Waals surface area contributed by atoms with E-state index in [1.165, 1.54) is 17.4 Å². The van der Waals surface area contributed by atoms with Crippen LogP contribution in [0, 0.1) is 0 Å². The van der Waals surface area contributed by atoms with Crippen LogP contribution < -0.4 is 10.0 Å². The number of nitrogens with zero attached hydrogens (tertiary/aromatic N) is 5. The number of rotatable bonds is 8. The topological polar surface area (TPSA) is 155 Å². The number of amides is 4. The number of urea groups is 1. The van der Waals surface area contributed by atoms with Gasteiger partial charge in [-0.25, -0.2) is 14.3 Å². The number of carbonyl (C=O) groups excluding carboxylic acids is 3. The third-order valence-electron chi connectivity index (χ3n) is 10.4. The molecule has 16 heteroatoms. The standard InChI is InChI=1S/C34H46BrN7O7S/c1-36-50(47,48)41-20-18-38(19-21-41)26-9-13-39(14-10-26)32(44)31(23-24-6-7-30(43)28(35)22-24)49-34(46)40-15-11-27(12-16-40)42-17-8-25-4-2-3-5-29(25)37-33(42)45/h2-7,22,26-27,31,36,43H,8-21,23H2,1H3,(H,37,45). The molecule has 1 unspecified atom stereocenters. The van der Waals surface area contributed by atoms with Crippen LogP contribution in [0.4, 0.5) is 15.3 Å². The van der Waals surface area contributed by atoms with Crippen molar-refractivity contribution in [2.24, 2.45) is 0 Å². The molecule has 50 heavy (non-hydrogen) atoms. The van der Waals surface area contributed by atoms with Gasteiger partial charge in [-0.15, -0.1) is 0 Å². The van der Waals surface area contributed by atoms with E-state index < -0.39 is 22.4 Å². The summed E-state index contributed by atoms with van der Waals surface area (Å²) in [6.45, 7) is 4.49. The number of phenolic OH excluding ortho intramolecular Hbond substituents is 1. The fraction of sp³-hybridized carbons (Fsp3) is 0.559. The molecule has 4 aliphatic heterocycles. The molecule has 0 aliphatic carbocycles. The molecule has 4 amide bonds. The third-order valence-corrected chi connectivity index (χ3v) is 12.6. The highest BCUT2D eigenvalue weighted by molar-refractivity contribution is 9.10. The third kappa shape index (κ3) is 8.36. The van der Waals surface area contributed by atoms with Gasteiger partial charge in [-0.05, 0) is 77.4 Å². The minimum atomic E-state index is -3.45. The molecule has 0 bridgehead atoms. The Morgan fingerprint density at radius 2 is 1.60 bits per heavy atom. The Hall–Kier alpha value is -3.44. The summed E-state index contributed by atoms with van der Waals surface area (Å²) in [5, 5.41) is 13.0. The van der Waals surface area contributed by atoms with Gasteiger partial charge < -0.3 is 29.9 Å². The highest BCUT2D eigenvalue weighted by Gasteiger charge is 2.37. The Bertz CT molecular complexity index is 1660. The van der Waals surface area contributed by atoms with Gasteiger partial charge in [-0.2, -0.15) is 12.7 Å². The van der Waals surface area contributed by atoms with E-state index in [4.69, 9.17) is 4.74 Å². The smallest absolute Gasteiger partial charge is 0.410 e. The SMILES string of the molecule is CNS(=O)(=O)N1CCN(C2CCN(C(=O)C(Cc3ccc(O)c(Br)c3)OC(=O)N3CCC(N4CCc5ccccc5NC4=O)CC3)CC2)CC1. The van der Waals surface area contributed by atoms with Crippen LogP contribution in [0.3, 0.4) is 0 Å². The van der Waals surface area contributed by atoms with Crippen LogP contribution in [-0.2, 0) is 32.6 Å². The van der Waals surface area contributed by atoms with E-state index >= 15 is 0 Å². The molecule has 2 aromatic rings. The Balaban J connectivity index is 1.05. The number of piperidine rings is 2. The van der Waals surface area contributed by atoms with E-state index in [0.717, 1.165) is 36.1 Å². The van der Waals surface area contributed by atoms with E-state index in [-0.39, 0.29) is 36.2 Å². The highest BCUT2D eigenvalue weighted by atomic mass is 79.9. The monoisotopic (exact) mass is 775 g/mol. The molecule has 0 saturated carbocycles. The fourth-order valence-electron chi connectivity index (χ4n) is 7.46. The summed E-state index contributed by atoms with van der Waals surface area (Å²) in [6, 6.07) is 12.9. The van der Waals surface area contributed by atoms with Gasteiger partial charge in [-0.3, -0.25) is 9.69 Å². The van der Waals surface area contributed by atoms with Crippen molar-refractivity contribution in [3.63, 3.8) is 0 Å². The van der Waals surface area contributed by atoms with E-state index in [1.54, 1.807) is 21.9 Å². The van der Waals surface area contributed by atoms with Crippen molar-refractivity contribution >= 4 is 49.9 Å². The number of aromatic hydroxyl groups is 1. The molecule has 1 atom stereocenters. The average molecular weight is 777 g/mol. The van der Waals surface area contributed by atoms with E-state index in [0.29, 0.717) is 76.2 Å². The quantitative estimate of drug-likeness (QED) is 0.370. The molecule has 2 aromatic carbocycles. The molecule has 0 radical (unpaired) electrons. The normalized spacial score (nSPS) is 20.9. The van der Waals surface area contributed by atoms with Gasteiger partial charge in [-0.1, -0.05) is 24.3 Å². The zero-order valence-corrected chi connectivity index (χ0v) is 30.7. The van der Waals surface area contributed by atoms with Crippen molar-refractivity contribution in [3.8, 4) is 5.75 Å². The first-order valence-electron chi connectivity index (χ1n) is 17.3. The molecule has 0 aromatic heterocycles. The Morgan fingerprint density at radius 1 is 0.940 bits per heavy atom. The van der Waals surface area contributed by atoms with E-state index in [9.17, 15) is 27.9 Å². The zero-order chi connectivity index (χ0) is 35.4. The summed E-state index contributed by atoms with van der Waals surface area (Å²) in [7, 11) is -2.04. The Kier molecular flexibility index (Phi) is 11.5. The molecular weight excluding hydrogens is 730 g/mol. The van der Waals surface area contributed by atoms with Crippen LogP contribution >= 0.6 is 15.9 Å². The lowest BCUT2D eigenvalue weighted by Gasteiger charge is -2.42. The van der Waals surface area contributed by atoms with Crippen molar-refractivity contribution in [1.82, 2.24) is 28.6 Å². The molecule has 3 N–H and O–H groups in total. The van der Waals surface area contributed by atoms with Crippen molar-refractivity contribution in [2.75, 3.05) is 71.3 Å². The molecule has 272 valence electrons. The summed E-state index contributed by atoms with van der Waals surface area (Å²) in [5.41, 5.74) is 2.67. The fourth-order valence-corrected chi connectivity index (χ4v) is 8.79. The lowest BCUT2D eigenvalue weighted by molar-refractivity contribution is -0.142. The number of phenols is 1. The predicted molar refractivity (Wildman–Crippen MR) is 191 cm³/mol. The molecule has 3 fully saturated rings. The maximum absolute atomic E-state index is 14.0. The van der Waals surface area contributed by atoms with Crippen molar-refractivity contribution in [2.45, 2.75) is 56.7 Å². The number of nitrogens with one attached hydrogen (secondary N) is 2. The first-order chi connectivity index (χ1) is 24.0. The number of hydrogen-bond donors (Lipinski definition) is 3. The van der Waals surface area contributed by atoms with Gasteiger partial charge in [0, 0.05) is 90.1 Å². The second kappa shape index (κ2) is 15.8. The number of anilines is 1. The molecule has 14 nitrogen and oxygen atoms in total. The summed E-state index contributed by atoms with van der Waals surface area (Å²) < 4.78 is 34.7. The summed E-state index contributed by atoms with van der Waals surface area (Å²) in [4.78, 5) is 48.2. The number of ether oxygens (including phenoxy) is 1. The minimum absolute atomic E-state index is 0.0166. The minimum Gasteiger partial charge on any atom is -0.507 e. The number of halogens is 1. The maximum Gasteiger partial charge on any atom is 0.410 e. The van der Waals surface area contributed by atoms with Crippen LogP contribution in [-0.4, -0.2) is 140 Å². The second-order valence-electron chi connectivity index (χ2n) is 13.3. The van der Waals surface area contributed by atoms with Gasteiger partial charge >= 0.3 is 12.1 Å². The van der Waals surface area contributed by atoms with Crippen LogP contribution in [0.1, 0.15) is 36.8 Å². The van der Waals surface area contributed by atoms with Gasteiger partial charge in [0.1, 0.15) is 5.75 Å². The number of fused-ring (bicyclic) bond motifs is 1. The molecular formula is C34H46BrN7O7S. The maximum atomic E-state index is 14.0. The van der Waals surface area contributed by atoms with E-state index in [1.807, 2.05) is 29.2 Å². The predicted octanol–water partition coefficient (Wildman–Crippen LogP) is 2.83. The van der Waals surface area contributed by atoms with Gasteiger partial charge in [0.05, 0.1) is 4.47 Å². The number of carbonyl (C=O) groups is 3. The summed E-state index contributed by atoms with van der Waals surface area (Å²) >= 11 is 3.34. The van der Waals surface area contributed by atoms with Crippen molar-refractivity contribution in [1.29, 1.82) is 0 Å². The van der Waals surface area contributed by atoms with E-state index in [2.05, 4.69) is 30.9 Å². The van der Waals surface area contributed by atoms with Gasteiger partial charge in [0.25, 0.3) is 16.1 Å². The van der Waals surface area contributed by atoms with Crippen molar-refractivity contribution in [3.05, 3.63) is 58.1 Å². The molecule has 0 spiro atoms. The summed E-state index contributed by atoms with van der Waals surface area (Å²) in [6.07, 6.45) is 1.96.